The number of carboxylic acids is 1. The van der Waals surface area contributed by atoms with E-state index in [0.29, 0.717) is 62.5 Å². The van der Waals surface area contributed by atoms with E-state index in [1.54, 1.807) is 25.3 Å². The van der Waals surface area contributed by atoms with Gasteiger partial charge in [0.05, 0.1) is 55.0 Å². The molecule has 1 unspecified atom stereocenters. The minimum atomic E-state index is -1.37. The molecule has 2 aliphatic rings. The van der Waals surface area contributed by atoms with E-state index in [2.05, 4.69) is 21.9 Å². The van der Waals surface area contributed by atoms with E-state index in [-0.39, 0.29) is 30.8 Å². The number of aliphatic imine (C=N–C) groups is 2. The normalized spacial score (nSPS) is 16.3. The number of likely N-dealkylation sites (N-methyl/N-ethyl adjacent to an activating group) is 1. The van der Waals surface area contributed by atoms with Gasteiger partial charge in [0.15, 0.2) is 5.84 Å². The topological polar surface area (TPSA) is 132 Å². The van der Waals surface area contributed by atoms with Crippen LogP contribution < -0.4 is 23.8 Å². The lowest BCUT2D eigenvalue weighted by atomic mass is 9.96. The molecule has 0 bridgehead atoms. The van der Waals surface area contributed by atoms with Crippen LogP contribution in [0.3, 0.4) is 0 Å². The summed E-state index contributed by atoms with van der Waals surface area (Å²) in [6.07, 6.45) is 0.555. The maximum absolute atomic E-state index is 14.2. The second-order valence-electron chi connectivity index (χ2n) is 15.8. The largest absolute Gasteiger partial charge is 0.496 e. The molecule has 8 rings (SSSR count). The van der Waals surface area contributed by atoms with Crippen molar-refractivity contribution in [3.05, 3.63) is 119 Å². The third kappa shape index (κ3) is 9.99. The molecule has 12 nitrogen and oxygen atoms in total. The van der Waals surface area contributed by atoms with Crippen LogP contribution in [0.4, 0.5) is 4.39 Å². The van der Waals surface area contributed by atoms with Crippen LogP contribution in [0.5, 0.6) is 23.1 Å². The summed E-state index contributed by atoms with van der Waals surface area (Å²) < 4.78 is 38.8. The summed E-state index contributed by atoms with van der Waals surface area (Å²) in [7, 11) is 3.83. The lowest BCUT2D eigenvalue weighted by Gasteiger charge is -2.29. The van der Waals surface area contributed by atoms with Gasteiger partial charge in [-0.2, -0.15) is 0 Å². The van der Waals surface area contributed by atoms with Gasteiger partial charge in [-0.25, -0.2) is 24.1 Å². The second kappa shape index (κ2) is 19.6. The van der Waals surface area contributed by atoms with Crippen molar-refractivity contribution in [2.45, 2.75) is 38.8 Å². The molecule has 1 fully saturated rings. The Kier molecular flexibility index (Phi) is 13.6. The Hall–Kier alpha value is -5.93. The number of quaternary nitrogens is 1. The third-order valence-corrected chi connectivity index (χ3v) is 13.0. The Morgan fingerprint density at radius 2 is 1.71 bits per heavy atom. The van der Waals surface area contributed by atoms with Crippen molar-refractivity contribution in [2.24, 2.45) is 9.98 Å². The van der Waals surface area contributed by atoms with Gasteiger partial charge >= 0.3 is 5.97 Å². The molecular weight excluding hydrogens is 843 g/mol. The van der Waals surface area contributed by atoms with Crippen LogP contribution in [0.15, 0.2) is 101 Å². The fourth-order valence-corrected chi connectivity index (χ4v) is 9.27. The number of hydrogen-bond donors (Lipinski definition) is 2. The molecule has 2 N–H and O–H groups in total. The van der Waals surface area contributed by atoms with E-state index in [0.717, 1.165) is 65.6 Å². The van der Waals surface area contributed by atoms with E-state index in [9.17, 15) is 14.3 Å². The minimum Gasteiger partial charge on any atom is -0.496 e. The first-order chi connectivity index (χ1) is 30.6. The third-order valence-electron chi connectivity index (χ3n) is 11.3. The summed E-state index contributed by atoms with van der Waals surface area (Å²) in [4.78, 5) is 37.0. The molecule has 4 aromatic carbocycles. The molecule has 15 heteroatoms. The number of ether oxygens (including phenoxy) is 4. The average molecular weight is 892 g/mol. The molecule has 1 saturated heterocycles. The van der Waals surface area contributed by atoms with Crippen LogP contribution in [-0.4, -0.2) is 110 Å². The number of amidine groups is 1. The van der Waals surface area contributed by atoms with Gasteiger partial charge < -0.3 is 29.0 Å². The van der Waals surface area contributed by atoms with E-state index in [1.807, 2.05) is 68.4 Å². The highest BCUT2D eigenvalue weighted by Gasteiger charge is 2.29. The number of carboxylic acid groups (broad SMARTS) is 1. The van der Waals surface area contributed by atoms with Crippen molar-refractivity contribution in [1.82, 2.24) is 14.9 Å². The fourth-order valence-electron chi connectivity index (χ4n) is 7.90. The van der Waals surface area contributed by atoms with Gasteiger partial charge in [-0.15, -0.1) is 11.3 Å². The summed E-state index contributed by atoms with van der Waals surface area (Å²) >= 11 is 8.44. The van der Waals surface area contributed by atoms with Gasteiger partial charge in [0, 0.05) is 42.9 Å². The second-order valence-corrected chi connectivity index (χ2v) is 17.2. The highest BCUT2D eigenvalue weighted by atomic mass is 35.5. The number of benzene rings is 4. The number of aliphatic carboxylic acids is 1. The predicted octanol–water partition coefficient (Wildman–Crippen LogP) is 7.48. The molecule has 2 aliphatic heterocycles. The van der Waals surface area contributed by atoms with E-state index in [4.69, 9.17) is 40.5 Å². The quantitative estimate of drug-likeness (QED) is 0.102. The zero-order valence-electron chi connectivity index (χ0n) is 35.6. The fraction of sp³-hybridized carbons (Fsp3) is 0.312. The number of halogens is 2. The Bertz CT molecular complexity index is 2670. The molecular formula is C48H49ClFN6O6S+. The number of nitrogens with one attached hydrogen (secondary N) is 1. The maximum atomic E-state index is 14.2. The Balaban J connectivity index is 1.08. The van der Waals surface area contributed by atoms with Crippen molar-refractivity contribution >= 4 is 50.7 Å². The van der Waals surface area contributed by atoms with E-state index >= 15 is 0 Å². The molecule has 63 heavy (non-hydrogen) atoms. The van der Waals surface area contributed by atoms with Crippen molar-refractivity contribution in [3.63, 3.8) is 0 Å². The number of carbonyl (C=O) groups is 1. The summed E-state index contributed by atoms with van der Waals surface area (Å²) in [5.74, 6) is 0.848. The van der Waals surface area contributed by atoms with Crippen LogP contribution in [0.2, 0.25) is 5.02 Å². The molecule has 6 aromatic rings. The molecule has 0 aliphatic carbocycles. The zero-order chi connectivity index (χ0) is 44.0. The number of piperazine rings is 1. The summed E-state index contributed by atoms with van der Waals surface area (Å²) in [5.41, 5.74) is 5.14. The maximum Gasteiger partial charge on any atom is 0.345 e. The summed E-state index contributed by atoms with van der Waals surface area (Å²) in [6.45, 7) is 9.64. The molecule has 2 atom stereocenters. The Morgan fingerprint density at radius 1 is 0.968 bits per heavy atom. The highest BCUT2D eigenvalue weighted by molar-refractivity contribution is 7.22. The predicted molar refractivity (Wildman–Crippen MR) is 245 cm³/mol. The molecule has 2 aromatic heterocycles. The monoisotopic (exact) mass is 891 g/mol. The Labute approximate surface area is 374 Å². The van der Waals surface area contributed by atoms with Gasteiger partial charge in [-0.3, -0.25) is 9.89 Å². The van der Waals surface area contributed by atoms with Gasteiger partial charge in [0.1, 0.15) is 47.4 Å². The first kappa shape index (κ1) is 43.7. The van der Waals surface area contributed by atoms with Crippen LogP contribution in [0.25, 0.3) is 31.8 Å². The van der Waals surface area contributed by atoms with E-state index < -0.39 is 12.1 Å². The minimum absolute atomic E-state index is 0.0275. The molecule has 0 spiro atoms. The Morgan fingerprint density at radius 3 is 2.48 bits per heavy atom. The van der Waals surface area contributed by atoms with Gasteiger partial charge in [-0.1, -0.05) is 60.1 Å². The van der Waals surface area contributed by atoms with Crippen LogP contribution in [0, 0.1) is 12.7 Å². The number of thiophene rings is 1. The van der Waals surface area contributed by atoms with Crippen molar-refractivity contribution in [2.75, 3.05) is 60.1 Å². The number of hydrogen-bond acceptors (Lipinski definition) is 11. The summed E-state index contributed by atoms with van der Waals surface area (Å²) in [5, 5.41) is 11.6. The lowest BCUT2D eigenvalue weighted by molar-refractivity contribution is -0.884. The molecule has 0 saturated carbocycles. The van der Waals surface area contributed by atoms with Gasteiger partial charge in [0.25, 0.3) is 0 Å². The number of methoxy groups -OCH3 is 1. The SMILES string of the molecule is COc1ccccc1C1=NC(C)CC(COc2ccccc2C[C@@H](Oc2ncnc3sc(-c4ccc(F)cc4)c(-c4ccc(OCCN5CC[NH+](C)CC5)c(Cl)c4C)c23)C(=O)O)=N1. The van der Waals surface area contributed by atoms with E-state index in [1.165, 1.54) is 34.7 Å². The number of fused-ring (bicyclic) bond motifs is 1. The first-order valence-electron chi connectivity index (χ1n) is 20.9. The molecule has 4 heterocycles. The number of nitrogens with zero attached hydrogens (tertiary/aromatic N) is 5. The lowest BCUT2D eigenvalue weighted by Crippen LogP contribution is -3.12. The van der Waals surface area contributed by atoms with Crippen molar-refractivity contribution in [1.29, 1.82) is 0 Å². The highest BCUT2D eigenvalue weighted by Crippen LogP contribution is 2.49. The number of para-hydroxylation sites is 2. The van der Waals surface area contributed by atoms with Crippen LogP contribution in [0.1, 0.15) is 30.0 Å². The molecule has 326 valence electrons. The van der Waals surface area contributed by atoms with Crippen molar-refractivity contribution < 1.29 is 38.1 Å². The first-order valence-corrected chi connectivity index (χ1v) is 22.1. The van der Waals surface area contributed by atoms with Crippen LogP contribution >= 0.6 is 22.9 Å². The smallest absolute Gasteiger partial charge is 0.345 e. The standard InChI is InChI=1S/C48H48ClFN6O6S/c1-29-25-34(54-45(53-29)36-10-6-8-12-38(36)59-4)27-61-37-11-7-5-9-32(37)26-40(48(57)58)62-46-42-41(44(63-47(42)52-28-51-46)31-13-15-33(50)16-14-31)35-17-18-39(43(49)30(35)2)60-24-23-56-21-19-55(3)20-22-56/h5-18,28-29,40H,19-27H2,1-4H3,(H,57,58)/p+1/t29?,40-/m1/s1. The zero-order valence-corrected chi connectivity index (χ0v) is 37.1. The van der Waals surface area contributed by atoms with Crippen molar-refractivity contribution in [3.8, 4) is 44.7 Å². The number of aromatic nitrogens is 2. The summed E-state index contributed by atoms with van der Waals surface area (Å²) in [6, 6.07) is 24.9. The van der Waals surface area contributed by atoms with Gasteiger partial charge in [0.2, 0.25) is 12.0 Å². The molecule has 0 amide bonds. The van der Waals surface area contributed by atoms with Crippen LogP contribution in [-0.2, 0) is 11.2 Å². The van der Waals surface area contributed by atoms with Gasteiger partial charge in [-0.05, 0) is 72.5 Å². The molecule has 0 radical (unpaired) electrons. The number of rotatable bonds is 16. The average Bonchev–Trinajstić information content (AvgIpc) is 3.68.